The number of benzene rings is 1. The molecule has 2 N–H and O–H groups in total. The summed E-state index contributed by atoms with van der Waals surface area (Å²) >= 11 is 0. The fourth-order valence-electron chi connectivity index (χ4n) is 1.46. The summed E-state index contributed by atoms with van der Waals surface area (Å²) < 4.78 is 4.77. The van der Waals surface area contributed by atoms with E-state index in [-0.39, 0.29) is 12.3 Å². The molecule has 94 valence electrons. The number of aliphatic hydroxyl groups excluding tert-OH is 1. The molecule has 6 nitrogen and oxygen atoms in total. The van der Waals surface area contributed by atoms with Crippen molar-refractivity contribution in [2.75, 3.05) is 20.3 Å². The SMILES string of the molecule is COCC(O)CNCc1ccccc1[N+](=O)[O-]. The van der Waals surface area contributed by atoms with Gasteiger partial charge < -0.3 is 15.2 Å². The van der Waals surface area contributed by atoms with Crippen molar-refractivity contribution in [2.45, 2.75) is 12.6 Å². The van der Waals surface area contributed by atoms with Gasteiger partial charge in [0.05, 0.1) is 17.6 Å². The number of hydrogen-bond acceptors (Lipinski definition) is 5. The van der Waals surface area contributed by atoms with Crippen LogP contribution in [0.3, 0.4) is 0 Å². The van der Waals surface area contributed by atoms with Crippen LogP contribution in [0, 0.1) is 10.1 Å². The minimum absolute atomic E-state index is 0.0845. The van der Waals surface area contributed by atoms with Crippen molar-refractivity contribution < 1.29 is 14.8 Å². The molecule has 0 spiro atoms. The summed E-state index contributed by atoms with van der Waals surface area (Å²) in [5, 5.41) is 23.1. The van der Waals surface area contributed by atoms with Crippen LogP contribution in [0.2, 0.25) is 0 Å². The maximum absolute atomic E-state index is 10.7. The Kier molecular flexibility index (Phi) is 5.55. The Bertz CT molecular complexity index is 370. The van der Waals surface area contributed by atoms with Crippen LogP contribution in [0.1, 0.15) is 5.56 Å². The van der Waals surface area contributed by atoms with Crippen molar-refractivity contribution >= 4 is 5.69 Å². The molecule has 0 fully saturated rings. The Morgan fingerprint density at radius 2 is 2.24 bits per heavy atom. The van der Waals surface area contributed by atoms with Gasteiger partial charge in [-0.15, -0.1) is 0 Å². The Hall–Kier alpha value is -1.50. The first kappa shape index (κ1) is 13.6. The lowest BCUT2D eigenvalue weighted by Gasteiger charge is -2.10. The molecule has 1 aromatic carbocycles. The van der Waals surface area contributed by atoms with Gasteiger partial charge in [-0.3, -0.25) is 10.1 Å². The van der Waals surface area contributed by atoms with Crippen LogP contribution < -0.4 is 5.32 Å². The normalized spacial score (nSPS) is 12.4. The third-order valence-corrected chi connectivity index (χ3v) is 2.24. The van der Waals surface area contributed by atoms with Crippen molar-refractivity contribution in [3.63, 3.8) is 0 Å². The van der Waals surface area contributed by atoms with E-state index in [1.54, 1.807) is 18.2 Å². The molecule has 0 heterocycles. The van der Waals surface area contributed by atoms with Gasteiger partial charge in [0.25, 0.3) is 5.69 Å². The van der Waals surface area contributed by atoms with E-state index >= 15 is 0 Å². The second kappa shape index (κ2) is 6.95. The van der Waals surface area contributed by atoms with E-state index in [9.17, 15) is 15.2 Å². The maximum atomic E-state index is 10.7. The molecule has 1 rings (SSSR count). The Labute approximate surface area is 99.4 Å². The van der Waals surface area contributed by atoms with E-state index in [0.29, 0.717) is 18.7 Å². The number of hydrogen-bond donors (Lipinski definition) is 2. The molecule has 0 aliphatic rings. The summed E-state index contributed by atoms with van der Waals surface area (Å²) in [5.74, 6) is 0. The van der Waals surface area contributed by atoms with Gasteiger partial charge in [0.1, 0.15) is 0 Å². The average Bonchev–Trinajstić information content (AvgIpc) is 2.30. The predicted molar refractivity (Wildman–Crippen MR) is 62.7 cm³/mol. The monoisotopic (exact) mass is 240 g/mol. The Morgan fingerprint density at radius 1 is 1.53 bits per heavy atom. The molecule has 0 saturated heterocycles. The number of nitrogens with zero attached hydrogens (tertiary/aromatic N) is 1. The minimum Gasteiger partial charge on any atom is -0.389 e. The fourth-order valence-corrected chi connectivity index (χ4v) is 1.46. The second-order valence-corrected chi connectivity index (χ2v) is 3.63. The summed E-state index contributed by atoms with van der Waals surface area (Å²) in [6.07, 6.45) is -0.609. The van der Waals surface area contributed by atoms with Gasteiger partial charge in [-0.1, -0.05) is 18.2 Å². The van der Waals surface area contributed by atoms with Crippen LogP contribution in [0.4, 0.5) is 5.69 Å². The predicted octanol–water partition coefficient (Wildman–Crippen LogP) is 0.692. The van der Waals surface area contributed by atoms with Gasteiger partial charge in [0.15, 0.2) is 0 Å². The lowest BCUT2D eigenvalue weighted by Crippen LogP contribution is -2.29. The van der Waals surface area contributed by atoms with E-state index in [4.69, 9.17) is 4.74 Å². The van der Waals surface area contributed by atoms with E-state index in [1.807, 2.05) is 0 Å². The number of rotatable bonds is 7. The van der Waals surface area contributed by atoms with Crippen molar-refractivity contribution in [3.8, 4) is 0 Å². The molecule has 0 aliphatic heterocycles. The zero-order chi connectivity index (χ0) is 12.7. The minimum atomic E-state index is -0.609. The van der Waals surface area contributed by atoms with Crippen LogP contribution in [0.15, 0.2) is 24.3 Å². The molecule has 0 amide bonds. The molecule has 0 radical (unpaired) electrons. The summed E-state index contributed by atoms with van der Waals surface area (Å²) in [6, 6.07) is 6.52. The third kappa shape index (κ3) is 4.48. The number of nitro groups is 1. The van der Waals surface area contributed by atoms with Crippen LogP contribution in [0.25, 0.3) is 0 Å². The number of nitro benzene ring substituents is 1. The van der Waals surface area contributed by atoms with Gasteiger partial charge in [-0.2, -0.15) is 0 Å². The van der Waals surface area contributed by atoms with Crippen molar-refractivity contribution in [1.29, 1.82) is 0 Å². The molecule has 0 bridgehead atoms. The van der Waals surface area contributed by atoms with Gasteiger partial charge in [-0.05, 0) is 0 Å². The van der Waals surface area contributed by atoms with Gasteiger partial charge >= 0.3 is 0 Å². The molecule has 6 heteroatoms. The largest absolute Gasteiger partial charge is 0.389 e. The first-order chi connectivity index (χ1) is 8.15. The smallest absolute Gasteiger partial charge is 0.273 e. The van der Waals surface area contributed by atoms with Crippen LogP contribution in [-0.4, -0.2) is 36.4 Å². The van der Waals surface area contributed by atoms with Crippen LogP contribution in [-0.2, 0) is 11.3 Å². The molecule has 1 atom stereocenters. The molecule has 0 aliphatic carbocycles. The topological polar surface area (TPSA) is 84.6 Å². The third-order valence-electron chi connectivity index (χ3n) is 2.24. The quantitative estimate of drug-likeness (QED) is 0.541. The van der Waals surface area contributed by atoms with E-state index in [2.05, 4.69) is 5.32 Å². The molecule has 17 heavy (non-hydrogen) atoms. The first-order valence-electron chi connectivity index (χ1n) is 5.25. The maximum Gasteiger partial charge on any atom is 0.273 e. The summed E-state index contributed by atoms with van der Waals surface area (Å²) in [6.45, 7) is 0.918. The van der Waals surface area contributed by atoms with Crippen LogP contribution in [0.5, 0.6) is 0 Å². The summed E-state index contributed by atoms with van der Waals surface area (Å²) in [5.41, 5.74) is 0.684. The molecule has 1 unspecified atom stereocenters. The highest BCUT2D eigenvalue weighted by Crippen LogP contribution is 2.16. The lowest BCUT2D eigenvalue weighted by atomic mass is 10.2. The zero-order valence-electron chi connectivity index (χ0n) is 9.63. The Balaban J connectivity index is 2.49. The highest BCUT2D eigenvalue weighted by Gasteiger charge is 2.12. The van der Waals surface area contributed by atoms with Crippen molar-refractivity contribution in [1.82, 2.24) is 5.32 Å². The van der Waals surface area contributed by atoms with Crippen molar-refractivity contribution in [2.24, 2.45) is 0 Å². The standard InChI is InChI=1S/C11H16N2O4/c1-17-8-10(14)7-12-6-9-4-2-3-5-11(9)13(15)16/h2-5,10,12,14H,6-8H2,1H3. The highest BCUT2D eigenvalue weighted by molar-refractivity contribution is 5.39. The number of para-hydroxylation sites is 1. The Morgan fingerprint density at radius 3 is 2.88 bits per heavy atom. The van der Waals surface area contributed by atoms with Gasteiger partial charge in [0.2, 0.25) is 0 Å². The molecule has 1 aromatic rings. The molecular weight excluding hydrogens is 224 g/mol. The van der Waals surface area contributed by atoms with E-state index < -0.39 is 11.0 Å². The van der Waals surface area contributed by atoms with Gasteiger partial charge in [-0.25, -0.2) is 0 Å². The number of ether oxygens (including phenoxy) is 1. The fraction of sp³-hybridized carbons (Fsp3) is 0.455. The molecule has 0 saturated carbocycles. The van der Waals surface area contributed by atoms with Crippen molar-refractivity contribution in [3.05, 3.63) is 39.9 Å². The number of aliphatic hydroxyl groups is 1. The molecule has 0 aromatic heterocycles. The summed E-state index contributed by atoms with van der Waals surface area (Å²) in [7, 11) is 1.51. The second-order valence-electron chi connectivity index (χ2n) is 3.63. The zero-order valence-corrected chi connectivity index (χ0v) is 9.63. The number of methoxy groups -OCH3 is 1. The van der Waals surface area contributed by atoms with Crippen LogP contribution >= 0.6 is 0 Å². The lowest BCUT2D eigenvalue weighted by molar-refractivity contribution is -0.385. The number of nitrogens with one attached hydrogen (secondary N) is 1. The highest BCUT2D eigenvalue weighted by atomic mass is 16.6. The van der Waals surface area contributed by atoms with Gasteiger partial charge in [0, 0.05) is 31.8 Å². The molecular formula is C11H16N2O4. The average molecular weight is 240 g/mol. The van der Waals surface area contributed by atoms with E-state index in [0.717, 1.165) is 0 Å². The summed E-state index contributed by atoms with van der Waals surface area (Å²) in [4.78, 5) is 10.3. The first-order valence-corrected chi connectivity index (χ1v) is 5.25. The van der Waals surface area contributed by atoms with E-state index in [1.165, 1.54) is 13.2 Å².